The summed E-state index contributed by atoms with van der Waals surface area (Å²) in [7, 11) is 0. The molecule has 20 heavy (non-hydrogen) atoms. The highest BCUT2D eigenvalue weighted by atomic mass is 35.5. The number of nitrogen functional groups attached to an aromatic ring is 1. The molecular weight excluding hydrogens is 274 g/mol. The lowest BCUT2D eigenvalue weighted by atomic mass is 10.1. The predicted octanol–water partition coefficient (Wildman–Crippen LogP) is 2.23. The van der Waals surface area contributed by atoms with Crippen molar-refractivity contribution in [3.05, 3.63) is 28.8 Å². The minimum atomic E-state index is 0.0223. The van der Waals surface area contributed by atoms with Gasteiger partial charge in [0.1, 0.15) is 0 Å². The number of amides is 1. The van der Waals surface area contributed by atoms with E-state index in [1.165, 1.54) is 19.4 Å². The van der Waals surface area contributed by atoms with Crippen molar-refractivity contribution < 1.29 is 4.79 Å². The van der Waals surface area contributed by atoms with E-state index >= 15 is 0 Å². The molecule has 0 radical (unpaired) electrons. The van der Waals surface area contributed by atoms with Gasteiger partial charge in [0.2, 0.25) is 0 Å². The highest BCUT2D eigenvalue weighted by molar-refractivity contribution is 6.34. The average Bonchev–Trinajstić information content (AvgIpc) is 2.84. The summed E-state index contributed by atoms with van der Waals surface area (Å²) in [6.45, 7) is 5.04. The molecule has 0 aliphatic carbocycles. The first-order valence-corrected chi connectivity index (χ1v) is 7.54. The Kier molecular flexibility index (Phi) is 3.61. The summed E-state index contributed by atoms with van der Waals surface area (Å²) in [5.41, 5.74) is 6.83. The van der Waals surface area contributed by atoms with Crippen LogP contribution < -0.4 is 5.73 Å². The SMILES string of the molecule is CC1CN2CCCC2CN1C(=O)c1ccc(N)cc1Cl. The number of benzene rings is 1. The molecule has 2 saturated heterocycles. The van der Waals surface area contributed by atoms with Crippen LogP contribution in [-0.4, -0.2) is 47.4 Å². The standard InChI is InChI=1S/C15H20ClN3O/c1-10-8-18-6-2-3-12(18)9-19(10)15(20)13-5-4-11(17)7-14(13)16/h4-5,7,10,12H,2-3,6,8-9,17H2,1H3. The van der Waals surface area contributed by atoms with Gasteiger partial charge in [0.05, 0.1) is 10.6 Å². The second-order valence-corrected chi connectivity index (χ2v) is 6.24. The van der Waals surface area contributed by atoms with Gasteiger partial charge in [-0.3, -0.25) is 9.69 Å². The Morgan fingerprint density at radius 3 is 2.95 bits per heavy atom. The maximum absolute atomic E-state index is 12.7. The topological polar surface area (TPSA) is 49.6 Å². The van der Waals surface area contributed by atoms with Crippen LogP contribution in [0.2, 0.25) is 5.02 Å². The van der Waals surface area contributed by atoms with Crippen LogP contribution in [0, 0.1) is 0 Å². The summed E-state index contributed by atoms with van der Waals surface area (Å²) in [4.78, 5) is 17.2. The predicted molar refractivity (Wildman–Crippen MR) is 81.0 cm³/mol. The first-order valence-electron chi connectivity index (χ1n) is 7.16. The molecule has 108 valence electrons. The largest absolute Gasteiger partial charge is 0.399 e. The second kappa shape index (κ2) is 5.26. The lowest BCUT2D eigenvalue weighted by Gasteiger charge is -2.42. The molecule has 0 spiro atoms. The molecule has 2 unspecified atom stereocenters. The lowest BCUT2D eigenvalue weighted by molar-refractivity contribution is 0.0395. The molecule has 1 amide bonds. The van der Waals surface area contributed by atoms with Crippen LogP contribution in [0.4, 0.5) is 5.69 Å². The van der Waals surface area contributed by atoms with E-state index < -0.39 is 0 Å². The van der Waals surface area contributed by atoms with Crippen LogP contribution in [0.15, 0.2) is 18.2 Å². The molecule has 1 aromatic carbocycles. The number of halogens is 1. The molecule has 1 aromatic rings. The zero-order valence-electron chi connectivity index (χ0n) is 11.7. The molecule has 0 bridgehead atoms. The van der Waals surface area contributed by atoms with Gasteiger partial charge in [-0.2, -0.15) is 0 Å². The number of carbonyl (C=O) groups excluding carboxylic acids is 1. The van der Waals surface area contributed by atoms with Gasteiger partial charge in [0, 0.05) is 30.9 Å². The van der Waals surface area contributed by atoms with Crippen molar-refractivity contribution in [1.29, 1.82) is 0 Å². The van der Waals surface area contributed by atoms with Crippen LogP contribution in [0.25, 0.3) is 0 Å². The van der Waals surface area contributed by atoms with E-state index in [1.54, 1.807) is 18.2 Å². The van der Waals surface area contributed by atoms with Gasteiger partial charge < -0.3 is 10.6 Å². The normalized spacial score (nSPS) is 26.6. The maximum Gasteiger partial charge on any atom is 0.255 e. The smallest absolute Gasteiger partial charge is 0.255 e. The summed E-state index contributed by atoms with van der Waals surface area (Å²) in [5, 5.41) is 0.441. The average molecular weight is 294 g/mol. The van der Waals surface area contributed by atoms with E-state index in [4.69, 9.17) is 17.3 Å². The highest BCUT2D eigenvalue weighted by Gasteiger charge is 2.37. The van der Waals surface area contributed by atoms with Crippen LogP contribution in [0.3, 0.4) is 0 Å². The Labute approximate surface area is 124 Å². The van der Waals surface area contributed by atoms with Crippen molar-refractivity contribution in [3.63, 3.8) is 0 Å². The third kappa shape index (κ3) is 2.38. The van der Waals surface area contributed by atoms with Crippen molar-refractivity contribution in [3.8, 4) is 0 Å². The van der Waals surface area contributed by atoms with Gasteiger partial charge in [-0.15, -0.1) is 0 Å². The number of rotatable bonds is 1. The van der Waals surface area contributed by atoms with Gasteiger partial charge in [-0.25, -0.2) is 0 Å². The van der Waals surface area contributed by atoms with E-state index in [0.717, 1.165) is 13.1 Å². The van der Waals surface area contributed by atoms with Crippen molar-refractivity contribution in [2.75, 3.05) is 25.4 Å². The van der Waals surface area contributed by atoms with Crippen LogP contribution in [-0.2, 0) is 0 Å². The van der Waals surface area contributed by atoms with Crippen molar-refractivity contribution in [2.24, 2.45) is 0 Å². The number of nitrogens with two attached hydrogens (primary N) is 1. The zero-order valence-corrected chi connectivity index (χ0v) is 12.4. The first-order chi connectivity index (χ1) is 9.56. The third-order valence-corrected chi connectivity index (χ3v) is 4.73. The van der Waals surface area contributed by atoms with Crippen molar-refractivity contribution in [1.82, 2.24) is 9.80 Å². The Bertz CT molecular complexity index is 534. The van der Waals surface area contributed by atoms with Gasteiger partial charge in [0.15, 0.2) is 0 Å². The van der Waals surface area contributed by atoms with Crippen molar-refractivity contribution in [2.45, 2.75) is 31.8 Å². The fraction of sp³-hybridized carbons (Fsp3) is 0.533. The van der Waals surface area contributed by atoms with Crippen LogP contribution >= 0.6 is 11.6 Å². The molecule has 3 rings (SSSR count). The number of hydrogen-bond acceptors (Lipinski definition) is 3. The van der Waals surface area contributed by atoms with E-state index in [-0.39, 0.29) is 11.9 Å². The summed E-state index contributed by atoms with van der Waals surface area (Å²) < 4.78 is 0. The van der Waals surface area contributed by atoms with Gasteiger partial charge in [-0.1, -0.05) is 11.6 Å². The molecule has 5 heteroatoms. The number of hydrogen-bond donors (Lipinski definition) is 1. The molecule has 2 atom stereocenters. The van der Waals surface area contributed by atoms with Gasteiger partial charge in [0.25, 0.3) is 5.91 Å². The highest BCUT2D eigenvalue weighted by Crippen LogP contribution is 2.27. The molecule has 0 aromatic heterocycles. The molecule has 0 saturated carbocycles. The van der Waals surface area contributed by atoms with E-state index in [9.17, 15) is 4.79 Å². The summed E-state index contributed by atoms with van der Waals surface area (Å²) in [5.74, 6) is 0.0223. The molecule has 2 fully saturated rings. The minimum absolute atomic E-state index is 0.0223. The van der Waals surface area contributed by atoms with E-state index in [0.29, 0.717) is 22.3 Å². The fourth-order valence-corrected chi connectivity index (χ4v) is 3.60. The Morgan fingerprint density at radius 1 is 1.40 bits per heavy atom. The maximum atomic E-state index is 12.7. The number of fused-ring (bicyclic) bond motifs is 1. The number of nitrogens with zero attached hydrogens (tertiary/aromatic N) is 2. The third-order valence-electron chi connectivity index (χ3n) is 4.42. The summed E-state index contributed by atoms with van der Waals surface area (Å²) in [6, 6.07) is 5.85. The quantitative estimate of drug-likeness (QED) is 0.808. The zero-order chi connectivity index (χ0) is 14.3. The summed E-state index contributed by atoms with van der Waals surface area (Å²) in [6.07, 6.45) is 2.42. The summed E-state index contributed by atoms with van der Waals surface area (Å²) >= 11 is 6.16. The van der Waals surface area contributed by atoms with Crippen LogP contribution in [0.1, 0.15) is 30.1 Å². The Balaban J connectivity index is 1.82. The minimum Gasteiger partial charge on any atom is -0.399 e. The number of piperazine rings is 1. The van der Waals surface area contributed by atoms with Gasteiger partial charge in [-0.05, 0) is 44.5 Å². The Morgan fingerprint density at radius 2 is 2.20 bits per heavy atom. The molecular formula is C15H20ClN3O. The monoisotopic (exact) mass is 293 g/mol. The second-order valence-electron chi connectivity index (χ2n) is 5.84. The first kappa shape index (κ1) is 13.7. The molecule has 4 nitrogen and oxygen atoms in total. The molecule has 2 aliphatic rings. The number of anilines is 1. The fourth-order valence-electron chi connectivity index (χ4n) is 3.33. The Hall–Kier alpha value is -1.26. The van der Waals surface area contributed by atoms with Gasteiger partial charge >= 0.3 is 0 Å². The van der Waals surface area contributed by atoms with E-state index in [1.807, 2.05) is 4.90 Å². The van der Waals surface area contributed by atoms with Crippen molar-refractivity contribution >= 4 is 23.2 Å². The van der Waals surface area contributed by atoms with Crippen LogP contribution in [0.5, 0.6) is 0 Å². The number of carbonyl (C=O) groups is 1. The lowest BCUT2D eigenvalue weighted by Crippen LogP contribution is -2.56. The van der Waals surface area contributed by atoms with E-state index in [2.05, 4.69) is 11.8 Å². The molecule has 2 N–H and O–H groups in total. The molecule has 2 heterocycles. The molecule has 2 aliphatic heterocycles.